The molecule has 0 unspecified atom stereocenters. The van der Waals surface area contributed by atoms with Gasteiger partial charge in [0.1, 0.15) is 12.3 Å². The summed E-state index contributed by atoms with van der Waals surface area (Å²) in [5, 5.41) is 23.0. The summed E-state index contributed by atoms with van der Waals surface area (Å²) in [5.41, 5.74) is 6.29. The molecule has 3 rings (SSSR count). The molecule has 0 aliphatic heterocycles. The molecule has 0 bridgehead atoms. The summed E-state index contributed by atoms with van der Waals surface area (Å²) in [6, 6.07) is 3.14. The van der Waals surface area contributed by atoms with Crippen LogP contribution in [-0.2, 0) is 0 Å². The monoisotopic (exact) mass is 287 g/mol. The van der Waals surface area contributed by atoms with Crippen LogP contribution < -0.4 is 5.73 Å². The Morgan fingerprint density at radius 1 is 1.29 bits per heavy atom. The van der Waals surface area contributed by atoms with E-state index < -0.39 is 4.92 Å². The first-order chi connectivity index (χ1) is 10.1. The molecule has 2 heterocycles. The zero-order valence-electron chi connectivity index (χ0n) is 11.7. The summed E-state index contributed by atoms with van der Waals surface area (Å²) in [4.78, 5) is 9.95. The van der Waals surface area contributed by atoms with E-state index in [1.165, 1.54) is 61.5 Å². The van der Waals surface area contributed by atoms with Gasteiger partial charge in [0.2, 0.25) is 0 Å². The van der Waals surface area contributed by atoms with Crippen LogP contribution in [0.2, 0.25) is 0 Å². The fourth-order valence-electron chi connectivity index (χ4n) is 2.31. The lowest BCUT2D eigenvalue weighted by molar-refractivity contribution is -0.384. The van der Waals surface area contributed by atoms with E-state index in [0.717, 1.165) is 0 Å². The topological polar surface area (TPSA) is 110 Å². The average Bonchev–Trinajstić information content (AvgIpc) is 2.95. The van der Waals surface area contributed by atoms with Crippen molar-refractivity contribution in [1.82, 2.24) is 9.61 Å². The van der Waals surface area contributed by atoms with Gasteiger partial charge in [0.05, 0.1) is 27.9 Å². The lowest BCUT2D eigenvalue weighted by Gasteiger charge is -2.05. The van der Waals surface area contributed by atoms with Crippen molar-refractivity contribution in [2.75, 3.05) is 5.73 Å². The van der Waals surface area contributed by atoms with Crippen LogP contribution in [0.1, 0.15) is 44.1 Å². The van der Waals surface area contributed by atoms with Crippen molar-refractivity contribution < 1.29 is 4.92 Å². The third-order valence-corrected chi connectivity index (χ3v) is 3.49. The minimum absolute atomic E-state index is 0.107. The predicted molar refractivity (Wildman–Crippen MR) is 78.7 cm³/mol. The molecule has 21 heavy (non-hydrogen) atoms. The van der Waals surface area contributed by atoms with E-state index in [9.17, 15) is 10.1 Å². The third-order valence-electron chi connectivity index (χ3n) is 3.49. The number of nitro groups is 1. The van der Waals surface area contributed by atoms with Gasteiger partial charge in [-0.2, -0.15) is 10.4 Å². The Balaban J connectivity index is 0.000000225. The Kier molecular flexibility index (Phi) is 4.72. The Bertz CT molecular complexity index is 671. The van der Waals surface area contributed by atoms with E-state index in [0.29, 0.717) is 5.52 Å². The van der Waals surface area contributed by atoms with Gasteiger partial charge in [0.15, 0.2) is 0 Å². The second kappa shape index (κ2) is 6.70. The number of hydrogen-bond acceptors (Lipinski definition) is 5. The van der Waals surface area contributed by atoms with E-state index in [2.05, 4.69) is 5.10 Å². The number of fused-ring (bicyclic) bond motifs is 1. The van der Waals surface area contributed by atoms with E-state index in [4.69, 9.17) is 11.0 Å². The van der Waals surface area contributed by atoms with Gasteiger partial charge in [-0.3, -0.25) is 10.1 Å². The third kappa shape index (κ3) is 3.48. The number of nitrogens with two attached hydrogens (primary N) is 1. The van der Waals surface area contributed by atoms with Crippen molar-refractivity contribution >= 4 is 16.9 Å². The molecule has 2 aromatic rings. The molecule has 7 heteroatoms. The van der Waals surface area contributed by atoms with Crippen LogP contribution in [0.4, 0.5) is 11.4 Å². The van der Waals surface area contributed by atoms with Crippen LogP contribution in [0.15, 0.2) is 18.5 Å². The molecule has 110 valence electrons. The normalized spacial score (nSPS) is 14.0. The molecule has 1 fully saturated rings. The standard InChI is InChI=1S/C8H5N5O2.C6H12/c9-2-5-3-11-12-4-6(13(14)15)1-7(12)8(5)10;1-2-4-6-5-3-1/h1,3-4H,10H2;1-6H2. The largest absolute Gasteiger partial charge is 0.396 e. The van der Waals surface area contributed by atoms with Crippen LogP contribution in [0, 0.1) is 21.4 Å². The maximum Gasteiger partial charge on any atom is 0.289 e. The fourth-order valence-corrected chi connectivity index (χ4v) is 2.31. The first-order valence-corrected chi connectivity index (χ1v) is 6.95. The maximum absolute atomic E-state index is 10.5. The van der Waals surface area contributed by atoms with Gasteiger partial charge in [-0.15, -0.1) is 0 Å². The summed E-state index contributed by atoms with van der Waals surface area (Å²) in [5.74, 6) is 0. The maximum atomic E-state index is 10.5. The molecular weight excluding hydrogens is 270 g/mol. The van der Waals surface area contributed by atoms with Crippen LogP contribution in [0.3, 0.4) is 0 Å². The molecule has 1 aliphatic rings. The highest BCUT2D eigenvalue weighted by atomic mass is 16.6. The van der Waals surface area contributed by atoms with E-state index in [1.807, 2.05) is 6.07 Å². The molecule has 0 saturated heterocycles. The summed E-state index contributed by atoms with van der Waals surface area (Å²) >= 11 is 0. The second-order valence-corrected chi connectivity index (χ2v) is 4.99. The average molecular weight is 287 g/mol. The van der Waals surface area contributed by atoms with Crippen molar-refractivity contribution in [2.45, 2.75) is 38.5 Å². The molecule has 0 atom stereocenters. The van der Waals surface area contributed by atoms with Crippen LogP contribution in [0.5, 0.6) is 0 Å². The number of anilines is 1. The Labute approximate surface area is 122 Å². The molecule has 1 aliphatic carbocycles. The molecule has 0 amide bonds. The Hall–Kier alpha value is -2.62. The number of nitrogens with zero attached hydrogens (tertiary/aromatic N) is 4. The summed E-state index contributed by atoms with van der Waals surface area (Å²) < 4.78 is 1.27. The van der Waals surface area contributed by atoms with Crippen LogP contribution in [0.25, 0.3) is 5.52 Å². The Morgan fingerprint density at radius 2 is 1.86 bits per heavy atom. The minimum atomic E-state index is -0.542. The van der Waals surface area contributed by atoms with Crippen molar-refractivity contribution in [1.29, 1.82) is 5.26 Å². The highest BCUT2D eigenvalue weighted by Crippen LogP contribution is 2.22. The molecule has 2 N–H and O–H groups in total. The molecular formula is C14H17N5O2. The molecule has 2 aromatic heterocycles. The van der Waals surface area contributed by atoms with Gasteiger partial charge in [-0.05, 0) is 0 Å². The van der Waals surface area contributed by atoms with Gasteiger partial charge in [0.25, 0.3) is 5.69 Å². The predicted octanol–water partition coefficient (Wildman–Crippen LogP) is 3.04. The fraction of sp³-hybridized carbons (Fsp3) is 0.429. The summed E-state index contributed by atoms with van der Waals surface area (Å²) in [6.45, 7) is 0. The first kappa shape index (κ1) is 14.8. The van der Waals surface area contributed by atoms with Crippen molar-refractivity contribution in [3.63, 3.8) is 0 Å². The molecule has 0 radical (unpaired) electrons. The molecule has 0 spiro atoms. The zero-order valence-corrected chi connectivity index (χ0v) is 11.7. The SMILES string of the molecule is C1CCCCC1.N#Cc1cnn2cc([N+](=O)[O-])cc2c1N. The summed E-state index contributed by atoms with van der Waals surface area (Å²) in [6.07, 6.45) is 11.5. The number of rotatable bonds is 1. The molecule has 0 aromatic carbocycles. The Morgan fingerprint density at radius 3 is 2.33 bits per heavy atom. The highest BCUT2D eigenvalue weighted by Gasteiger charge is 2.13. The van der Waals surface area contributed by atoms with Gasteiger partial charge >= 0.3 is 0 Å². The minimum Gasteiger partial charge on any atom is -0.396 e. The second-order valence-electron chi connectivity index (χ2n) is 4.99. The van der Waals surface area contributed by atoms with E-state index in [-0.39, 0.29) is 16.9 Å². The lowest BCUT2D eigenvalue weighted by atomic mass is 10.0. The van der Waals surface area contributed by atoms with E-state index >= 15 is 0 Å². The highest BCUT2D eigenvalue weighted by molar-refractivity contribution is 5.77. The number of hydrogen-bond donors (Lipinski definition) is 1. The van der Waals surface area contributed by atoms with Crippen LogP contribution in [-0.4, -0.2) is 14.5 Å². The smallest absolute Gasteiger partial charge is 0.289 e. The van der Waals surface area contributed by atoms with Crippen molar-refractivity contribution in [2.24, 2.45) is 0 Å². The zero-order chi connectivity index (χ0) is 15.2. The van der Waals surface area contributed by atoms with Gasteiger partial charge in [0, 0.05) is 6.07 Å². The van der Waals surface area contributed by atoms with E-state index in [1.54, 1.807) is 0 Å². The lowest BCUT2D eigenvalue weighted by Crippen LogP contribution is -1.98. The summed E-state index contributed by atoms with van der Waals surface area (Å²) in [7, 11) is 0. The van der Waals surface area contributed by atoms with Crippen molar-refractivity contribution in [3.05, 3.63) is 34.1 Å². The molecule has 1 saturated carbocycles. The van der Waals surface area contributed by atoms with Gasteiger partial charge < -0.3 is 5.73 Å². The van der Waals surface area contributed by atoms with Gasteiger partial charge in [-0.25, -0.2) is 4.52 Å². The number of aromatic nitrogens is 2. The van der Waals surface area contributed by atoms with Crippen LogP contribution >= 0.6 is 0 Å². The van der Waals surface area contributed by atoms with Gasteiger partial charge in [-0.1, -0.05) is 38.5 Å². The first-order valence-electron chi connectivity index (χ1n) is 6.95. The quantitative estimate of drug-likeness (QED) is 0.640. The number of nitriles is 1. The number of nitrogen functional groups attached to an aromatic ring is 1. The molecule has 7 nitrogen and oxygen atoms in total. The van der Waals surface area contributed by atoms with Crippen molar-refractivity contribution in [3.8, 4) is 6.07 Å².